The van der Waals surface area contributed by atoms with Crippen LogP contribution in [-0.4, -0.2) is 0 Å². The summed E-state index contributed by atoms with van der Waals surface area (Å²) in [7, 11) is 0. The molecule has 0 aliphatic heterocycles. The van der Waals surface area contributed by atoms with E-state index in [0.717, 1.165) is 0 Å². The summed E-state index contributed by atoms with van der Waals surface area (Å²) in [6, 6.07) is 54.4. The van der Waals surface area contributed by atoms with Crippen LogP contribution in [0.15, 0.2) is 146 Å². The van der Waals surface area contributed by atoms with E-state index >= 15 is 0 Å². The Labute approximate surface area is 271 Å². The van der Waals surface area contributed by atoms with Crippen molar-refractivity contribution >= 4 is 49.4 Å². The van der Waals surface area contributed by atoms with Gasteiger partial charge in [0.05, 0.1) is 5.69 Å². The number of benzene rings is 8. The van der Waals surface area contributed by atoms with Gasteiger partial charge in [-0.15, -0.1) is 0 Å². The van der Waals surface area contributed by atoms with Gasteiger partial charge in [-0.25, -0.2) is 0 Å². The van der Waals surface area contributed by atoms with Gasteiger partial charge in [-0.1, -0.05) is 126 Å². The summed E-state index contributed by atoms with van der Waals surface area (Å²) < 4.78 is 0. The molecule has 8 aromatic carbocycles. The Hall–Kier alpha value is -5.40. The highest BCUT2D eigenvalue weighted by Crippen LogP contribution is 2.46. The molecule has 8 rings (SSSR count). The van der Waals surface area contributed by atoms with E-state index < -0.39 is 0 Å². The summed E-state index contributed by atoms with van der Waals surface area (Å²) in [4.78, 5) is 2.43. The number of aryl methyl sites for hydroxylation is 4. The van der Waals surface area contributed by atoms with E-state index in [1.807, 2.05) is 0 Å². The minimum atomic E-state index is 0.125. The van der Waals surface area contributed by atoms with Gasteiger partial charge in [0, 0.05) is 22.7 Å². The van der Waals surface area contributed by atoms with Gasteiger partial charge >= 0.3 is 0 Å². The molecule has 0 unspecified atom stereocenters. The van der Waals surface area contributed by atoms with E-state index in [2.05, 4.69) is 178 Å². The molecule has 8 aromatic rings. The Morgan fingerprint density at radius 3 is 1.41 bits per heavy atom. The highest BCUT2D eigenvalue weighted by Gasteiger charge is 2.23. The fourth-order valence-electron chi connectivity index (χ4n) is 7.47. The second-order valence-corrected chi connectivity index (χ2v) is 12.9. The Balaban J connectivity index is 1.42. The zero-order chi connectivity index (χ0) is 31.4. The molecule has 0 N–H and O–H groups in total. The molecule has 0 saturated heterocycles. The molecule has 0 fully saturated rings. The number of nitrogens with zero attached hydrogens (tertiary/aromatic N) is 1. The lowest BCUT2D eigenvalue weighted by atomic mass is 9.80. The number of anilines is 3. The molecule has 222 valence electrons. The van der Waals surface area contributed by atoms with Crippen molar-refractivity contribution in [3.05, 3.63) is 185 Å². The zero-order valence-corrected chi connectivity index (χ0v) is 26.9. The molecule has 0 aliphatic rings. The van der Waals surface area contributed by atoms with Crippen molar-refractivity contribution in [3.63, 3.8) is 0 Å². The van der Waals surface area contributed by atoms with Crippen molar-refractivity contribution in [2.24, 2.45) is 0 Å². The van der Waals surface area contributed by atoms with Gasteiger partial charge in [-0.05, 0) is 113 Å². The Morgan fingerprint density at radius 2 is 0.870 bits per heavy atom. The summed E-state index contributed by atoms with van der Waals surface area (Å²) in [5.41, 5.74) is 12.6. The predicted molar refractivity (Wildman–Crippen MR) is 198 cm³/mol. The SMILES string of the molecule is Cc1cccc(C(c2cccc(C)c2)c2ccc3ccc4c(N(c5cccc(C)c5)c5cccc(C)c5)ccc5ccc2c3c54)c1. The smallest absolute Gasteiger partial charge is 0.0540 e. The first-order chi connectivity index (χ1) is 22.4. The van der Waals surface area contributed by atoms with Crippen molar-refractivity contribution in [2.75, 3.05) is 4.90 Å². The lowest BCUT2D eigenvalue weighted by molar-refractivity contribution is 0.983. The van der Waals surface area contributed by atoms with E-state index in [4.69, 9.17) is 0 Å². The summed E-state index contributed by atoms with van der Waals surface area (Å²) in [5.74, 6) is 0.125. The standard InChI is InChI=1S/C45H37N/c1-29-9-5-13-35(25-29)43(36-14-6-10-30(2)26-36)39-21-17-33-19-23-41-42(24-20-34-18-22-40(39)44(33)45(34)41)46(37-15-7-11-31(3)27-37)38-16-8-12-32(4)28-38/h5-28,43H,1-4H3. The zero-order valence-electron chi connectivity index (χ0n) is 26.9. The molecule has 0 spiro atoms. The molecule has 0 radical (unpaired) electrons. The van der Waals surface area contributed by atoms with Crippen LogP contribution >= 0.6 is 0 Å². The van der Waals surface area contributed by atoms with Crippen LogP contribution in [0.5, 0.6) is 0 Å². The molecular formula is C45H37N. The van der Waals surface area contributed by atoms with E-state index in [-0.39, 0.29) is 5.92 Å². The van der Waals surface area contributed by atoms with Gasteiger partial charge in [0.15, 0.2) is 0 Å². The van der Waals surface area contributed by atoms with Crippen molar-refractivity contribution in [3.8, 4) is 0 Å². The van der Waals surface area contributed by atoms with Crippen molar-refractivity contribution in [1.29, 1.82) is 0 Å². The summed E-state index contributed by atoms with van der Waals surface area (Å²) >= 11 is 0. The van der Waals surface area contributed by atoms with Crippen LogP contribution in [0, 0.1) is 27.7 Å². The monoisotopic (exact) mass is 591 g/mol. The molecular weight excluding hydrogens is 555 g/mol. The fourth-order valence-corrected chi connectivity index (χ4v) is 7.47. The van der Waals surface area contributed by atoms with Gasteiger partial charge in [-0.3, -0.25) is 0 Å². The Kier molecular flexibility index (Phi) is 6.84. The summed E-state index contributed by atoms with van der Waals surface area (Å²) in [6.07, 6.45) is 0. The minimum Gasteiger partial charge on any atom is -0.310 e. The molecule has 46 heavy (non-hydrogen) atoms. The van der Waals surface area contributed by atoms with Crippen LogP contribution in [0.4, 0.5) is 17.1 Å². The molecule has 0 aromatic heterocycles. The highest BCUT2D eigenvalue weighted by molar-refractivity contribution is 6.26. The van der Waals surface area contributed by atoms with Crippen LogP contribution < -0.4 is 4.90 Å². The average Bonchev–Trinajstić information content (AvgIpc) is 3.05. The summed E-state index contributed by atoms with van der Waals surface area (Å²) in [5, 5.41) is 7.79. The maximum Gasteiger partial charge on any atom is 0.0540 e. The first kappa shape index (κ1) is 28.1. The minimum absolute atomic E-state index is 0.125. The summed E-state index contributed by atoms with van der Waals surface area (Å²) in [6.45, 7) is 8.72. The predicted octanol–water partition coefficient (Wildman–Crippen LogP) is 12.5. The first-order valence-electron chi connectivity index (χ1n) is 16.2. The van der Waals surface area contributed by atoms with Gasteiger partial charge < -0.3 is 4.90 Å². The van der Waals surface area contributed by atoms with Crippen LogP contribution in [-0.2, 0) is 0 Å². The second kappa shape index (κ2) is 11.2. The number of hydrogen-bond donors (Lipinski definition) is 0. The third-order valence-corrected chi connectivity index (χ3v) is 9.50. The normalized spacial score (nSPS) is 11.7. The van der Waals surface area contributed by atoms with E-state index in [9.17, 15) is 0 Å². The Morgan fingerprint density at radius 1 is 0.413 bits per heavy atom. The van der Waals surface area contributed by atoms with Gasteiger partial charge in [0.2, 0.25) is 0 Å². The maximum absolute atomic E-state index is 2.43. The second-order valence-electron chi connectivity index (χ2n) is 12.9. The fraction of sp³-hybridized carbons (Fsp3) is 0.111. The van der Waals surface area contributed by atoms with Gasteiger partial charge in [0.1, 0.15) is 0 Å². The van der Waals surface area contributed by atoms with Crippen LogP contribution in [0.2, 0.25) is 0 Å². The average molecular weight is 592 g/mol. The lowest BCUT2D eigenvalue weighted by Crippen LogP contribution is -2.11. The maximum atomic E-state index is 2.43. The van der Waals surface area contributed by atoms with Crippen LogP contribution in [0.25, 0.3) is 32.3 Å². The lowest BCUT2D eigenvalue weighted by Gasteiger charge is -2.28. The molecule has 0 aliphatic carbocycles. The van der Waals surface area contributed by atoms with E-state index in [1.54, 1.807) is 0 Å². The van der Waals surface area contributed by atoms with Crippen LogP contribution in [0.1, 0.15) is 44.9 Å². The number of rotatable bonds is 6. The largest absolute Gasteiger partial charge is 0.310 e. The van der Waals surface area contributed by atoms with Crippen molar-refractivity contribution in [1.82, 2.24) is 0 Å². The third kappa shape index (κ3) is 4.80. The molecule has 1 heteroatoms. The topological polar surface area (TPSA) is 3.24 Å². The highest BCUT2D eigenvalue weighted by atomic mass is 15.1. The quantitative estimate of drug-likeness (QED) is 0.137. The molecule has 0 bridgehead atoms. The van der Waals surface area contributed by atoms with E-state index in [0.29, 0.717) is 0 Å². The molecule has 1 nitrogen and oxygen atoms in total. The number of hydrogen-bond acceptors (Lipinski definition) is 1. The molecule has 0 atom stereocenters. The van der Waals surface area contributed by atoms with Crippen LogP contribution in [0.3, 0.4) is 0 Å². The van der Waals surface area contributed by atoms with Gasteiger partial charge in [0.25, 0.3) is 0 Å². The molecule has 0 heterocycles. The van der Waals surface area contributed by atoms with Crippen molar-refractivity contribution < 1.29 is 0 Å². The van der Waals surface area contributed by atoms with Gasteiger partial charge in [-0.2, -0.15) is 0 Å². The first-order valence-corrected chi connectivity index (χ1v) is 16.2. The van der Waals surface area contributed by atoms with E-state index in [1.165, 1.54) is 88.3 Å². The third-order valence-electron chi connectivity index (χ3n) is 9.50. The molecule has 0 saturated carbocycles. The molecule has 0 amide bonds. The Bertz CT molecular complexity index is 2120. The van der Waals surface area contributed by atoms with Crippen molar-refractivity contribution in [2.45, 2.75) is 33.6 Å².